The Morgan fingerprint density at radius 2 is 2.29 bits per heavy atom. The van der Waals surface area contributed by atoms with Gasteiger partial charge in [0, 0.05) is 12.7 Å². The van der Waals surface area contributed by atoms with E-state index < -0.39 is 0 Å². The van der Waals surface area contributed by atoms with Crippen molar-refractivity contribution in [3.63, 3.8) is 0 Å². The summed E-state index contributed by atoms with van der Waals surface area (Å²) in [7, 11) is 1.89. The van der Waals surface area contributed by atoms with Gasteiger partial charge >= 0.3 is 0 Å². The summed E-state index contributed by atoms with van der Waals surface area (Å²) in [5.74, 6) is 3.38. The Morgan fingerprint density at radius 3 is 2.79 bits per heavy atom. The summed E-state index contributed by atoms with van der Waals surface area (Å²) in [5, 5.41) is 8.97. The molecule has 1 rings (SSSR count). The van der Waals surface area contributed by atoms with Crippen molar-refractivity contribution in [3.05, 3.63) is 23.4 Å². The quantitative estimate of drug-likeness (QED) is 0.721. The summed E-state index contributed by atoms with van der Waals surface area (Å²) in [6.45, 7) is 2.43. The third-order valence-electron chi connectivity index (χ3n) is 2.07. The second-order valence-corrected chi connectivity index (χ2v) is 3.13. The molecule has 0 aliphatic heterocycles. The number of rotatable bonds is 3. The van der Waals surface area contributed by atoms with Crippen LogP contribution in [0.15, 0.2) is 12.1 Å². The van der Waals surface area contributed by atoms with Gasteiger partial charge in [-0.2, -0.15) is 0 Å². The number of nitrogens with zero attached hydrogens (tertiary/aromatic N) is 2. The van der Waals surface area contributed by atoms with E-state index in [0.29, 0.717) is 6.54 Å². The minimum Gasteiger partial charge on any atom is -0.392 e. The number of aliphatic hydroxyl groups excluding tert-OH is 1. The maximum Gasteiger partial charge on any atom is 0.129 e. The van der Waals surface area contributed by atoms with Gasteiger partial charge in [-0.15, -0.1) is 6.42 Å². The van der Waals surface area contributed by atoms with Gasteiger partial charge in [0.1, 0.15) is 5.82 Å². The number of anilines is 1. The summed E-state index contributed by atoms with van der Waals surface area (Å²) >= 11 is 0. The maximum atomic E-state index is 8.97. The monoisotopic (exact) mass is 190 g/mol. The smallest absolute Gasteiger partial charge is 0.129 e. The predicted molar refractivity (Wildman–Crippen MR) is 57.0 cm³/mol. The Balaban J connectivity index is 2.92. The van der Waals surface area contributed by atoms with Gasteiger partial charge in [0.15, 0.2) is 0 Å². The molecule has 14 heavy (non-hydrogen) atoms. The summed E-state index contributed by atoms with van der Waals surface area (Å²) in [5.41, 5.74) is 1.69. The lowest BCUT2D eigenvalue weighted by molar-refractivity contribution is 0.280. The highest BCUT2D eigenvalue weighted by molar-refractivity contribution is 5.41. The fourth-order valence-electron chi connectivity index (χ4n) is 1.17. The van der Waals surface area contributed by atoms with Crippen molar-refractivity contribution in [2.24, 2.45) is 0 Å². The molecule has 1 heterocycles. The molecule has 0 unspecified atom stereocenters. The molecular formula is C11H14N2O. The first-order valence-corrected chi connectivity index (χ1v) is 4.41. The summed E-state index contributed by atoms with van der Waals surface area (Å²) in [6.07, 6.45) is 5.20. The van der Waals surface area contributed by atoms with E-state index in [1.54, 1.807) is 0 Å². The van der Waals surface area contributed by atoms with Crippen molar-refractivity contribution < 1.29 is 5.11 Å². The van der Waals surface area contributed by atoms with E-state index >= 15 is 0 Å². The Bertz CT molecular complexity index is 355. The second-order valence-electron chi connectivity index (χ2n) is 3.13. The molecule has 0 saturated carbocycles. The molecule has 74 valence electrons. The van der Waals surface area contributed by atoms with Crippen molar-refractivity contribution in [1.29, 1.82) is 0 Å². The van der Waals surface area contributed by atoms with Crippen LogP contribution in [0.2, 0.25) is 0 Å². The van der Waals surface area contributed by atoms with E-state index in [1.165, 1.54) is 0 Å². The van der Waals surface area contributed by atoms with Crippen molar-refractivity contribution in [2.75, 3.05) is 18.5 Å². The van der Waals surface area contributed by atoms with E-state index in [2.05, 4.69) is 10.9 Å². The van der Waals surface area contributed by atoms with Crippen LogP contribution in [0, 0.1) is 19.3 Å². The van der Waals surface area contributed by atoms with Gasteiger partial charge in [-0.3, -0.25) is 0 Å². The number of hydrogen-bond acceptors (Lipinski definition) is 3. The van der Waals surface area contributed by atoms with Crippen LogP contribution in [-0.4, -0.2) is 23.7 Å². The van der Waals surface area contributed by atoms with Gasteiger partial charge in [0.2, 0.25) is 0 Å². The molecule has 0 aromatic carbocycles. The second kappa shape index (κ2) is 4.64. The topological polar surface area (TPSA) is 36.4 Å². The lowest BCUT2D eigenvalue weighted by atomic mass is 10.2. The first kappa shape index (κ1) is 10.6. The molecule has 1 N–H and O–H groups in total. The summed E-state index contributed by atoms with van der Waals surface area (Å²) < 4.78 is 0. The largest absolute Gasteiger partial charge is 0.392 e. The highest BCUT2D eigenvalue weighted by Gasteiger charge is 2.03. The van der Waals surface area contributed by atoms with E-state index in [0.717, 1.165) is 17.1 Å². The molecule has 0 aliphatic carbocycles. The van der Waals surface area contributed by atoms with Crippen LogP contribution in [0.4, 0.5) is 5.82 Å². The molecule has 0 radical (unpaired) electrons. The molecule has 0 spiro atoms. The predicted octanol–water partition coefficient (Wildman–Crippen LogP) is 0.952. The molecule has 0 saturated heterocycles. The molecule has 3 heteroatoms. The molecule has 0 aliphatic rings. The zero-order chi connectivity index (χ0) is 10.6. The van der Waals surface area contributed by atoms with Gasteiger partial charge in [-0.1, -0.05) is 12.0 Å². The zero-order valence-electron chi connectivity index (χ0n) is 8.49. The molecule has 0 bridgehead atoms. The van der Waals surface area contributed by atoms with Gasteiger partial charge < -0.3 is 10.0 Å². The van der Waals surface area contributed by atoms with Crippen LogP contribution in [0.25, 0.3) is 0 Å². The van der Waals surface area contributed by atoms with E-state index in [9.17, 15) is 0 Å². The van der Waals surface area contributed by atoms with Crippen LogP contribution in [0.1, 0.15) is 11.3 Å². The number of aryl methyl sites for hydroxylation is 1. The van der Waals surface area contributed by atoms with Crippen LogP contribution < -0.4 is 4.90 Å². The fourth-order valence-corrected chi connectivity index (χ4v) is 1.17. The van der Waals surface area contributed by atoms with Crippen LogP contribution in [0.5, 0.6) is 0 Å². The Kier molecular flexibility index (Phi) is 3.49. The van der Waals surface area contributed by atoms with Crippen LogP contribution in [0.3, 0.4) is 0 Å². The standard InChI is InChI=1S/C11H14N2O/c1-4-7-13(3)11-6-5-10(8-14)9(2)12-11/h1,5-6,14H,7-8H2,2-3H3. The third kappa shape index (κ3) is 2.24. The van der Waals surface area contributed by atoms with E-state index in [4.69, 9.17) is 11.5 Å². The molecule has 1 aromatic heterocycles. The van der Waals surface area contributed by atoms with Crippen LogP contribution >= 0.6 is 0 Å². The highest BCUT2D eigenvalue weighted by atomic mass is 16.3. The summed E-state index contributed by atoms with van der Waals surface area (Å²) in [4.78, 5) is 6.22. The maximum absolute atomic E-state index is 8.97. The zero-order valence-corrected chi connectivity index (χ0v) is 8.49. The summed E-state index contributed by atoms with van der Waals surface area (Å²) in [6, 6.07) is 3.72. The van der Waals surface area contributed by atoms with Crippen LogP contribution in [-0.2, 0) is 6.61 Å². The number of aromatic nitrogens is 1. The van der Waals surface area contributed by atoms with E-state index in [1.807, 2.05) is 31.0 Å². The first-order chi connectivity index (χ1) is 6.69. The normalized spacial score (nSPS) is 9.57. The van der Waals surface area contributed by atoms with Gasteiger partial charge in [0.05, 0.1) is 13.2 Å². The lowest BCUT2D eigenvalue weighted by Gasteiger charge is -2.15. The Hall–Kier alpha value is -1.53. The third-order valence-corrected chi connectivity index (χ3v) is 2.07. The average molecular weight is 190 g/mol. The minimum atomic E-state index is 0.0258. The Labute approximate surface area is 84.4 Å². The van der Waals surface area contributed by atoms with Crippen molar-refractivity contribution in [2.45, 2.75) is 13.5 Å². The number of hydrogen-bond donors (Lipinski definition) is 1. The van der Waals surface area contributed by atoms with Crippen molar-refractivity contribution in [1.82, 2.24) is 4.98 Å². The number of aliphatic hydroxyl groups is 1. The molecule has 0 atom stereocenters. The first-order valence-electron chi connectivity index (χ1n) is 4.41. The fraction of sp³-hybridized carbons (Fsp3) is 0.364. The SMILES string of the molecule is C#CCN(C)c1ccc(CO)c(C)n1. The van der Waals surface area contributed by atoms with Gasteiger partial charge in [0.25, 0.3) is 0 Å². The molecule has 0 fully saturated rings. The molecule has 3 nitrogen and oxygen atoms in total. The Morgan fingerprint density at radius 1 is 1.57 bits per heavy atom. The average Bonchev–Trinajstić information content (AvgIpc) is 2.18. The van der Waals surface area contributed by atoms with Gasteiger partial charge in [-0.05, 0) is 18.6 Å². The minimum absolute atomic E-state index is 0.0258. The molecule has 0 amide bonds. The van der Waals surface area contributed by atoms with E-state index in [-0.39, 0.29) is 6.61 Å². The molecule has 1 aromatic rings. The number of terminal acetylenes is 1. The van der Waals surface area contributed by atoms with Gasteiger partial charge in [-0.25, -0.2) is 4.98 Å². The number of pyridine rings is 1. The molecular weight excluding hydrogens is 176 g/mol. The van der Waals surface area contributed by atoms with Crippen molar-refractivity contribution >= 4 is 5.82 Å². The lowest BCUT2D eigenvalue weighted by Crippen LogP contribution is -2.18. The highest BCUT2D eigenvalue weighted by Crippen LogP contribution is 2.13. The van der Waals surface area contributed by atoms with Crippen molar-refractivity contribution in [3.8, 4) is 12.3 Å².